The number of fused-ring (bicyclic) bond motifs is 1. The van der Waals surface area contributed by atoms with Crippen molar-refractivity contribution in [2.45, 2.75) is 0 Å². The van der Waals surface area contributed by atoms with Crippen molar-refractivity contribution in [2.75, 3.05) is 0 Å². The number of aromatic amines is 1. The summed E-state index contributed by atoms with van der Waals surface area (Å²) in [6.07, 6.45) is 0. The summed E-state index contributed by atoms with van der Waals surface area (Å²) < 4.78 is 24.1. The number of hydrogen-bond donors (Lipinski definition) is 2. The van der Waals surface area contributed by atoms with Crippen LogP contribution in [0.3, 0.4) is 0 Å². The Bertz CT molecular complexity index is 418. The summed E-state index contributed by atoms with van der Waals surface area (Å²) in [5, 5.41) is 10.3. The van der Waals surface area contributed by atoms with E-state index in [-0.39, 0.29) is 16.5 Å². The SMILES string of the molecule is O=[S-](=O)O.[Ni].c1ccc2n[nH]nc2c1. The molecule has 2 rings (SSSR count). The summed E-state index contributed by atoms with van der Waals surface area (Å²) in [6.45, 7) is 0. The van der Waals surface area contributed by atoms with Crippen LogP contribution in [0.5, 0.6) is 0 Å². The quantitative estimate of drug-likeness (QED) is 0.314. The van der Waals surface area contributed by atoms with E-state index >= 15 is 0 Å². The maximum atomic E-state index is 8.56. The number of aromatic nitrogens is 3. The summed E-state index contributed by atoms with van der Waals surface area (Å²) >= 11 is 0. The first-order valence-corrected chi connectivity index (χ1v) is 4.27. The molecular formula is C6H6N3NiO3S-. The van der Waals surface area contributed by atoms with Crippen LogP contribution in [0.25, 0.3) is 11.0 Å². The molecule has 2 aromatic rings. The average Bonchev–Trinajstić information content (AvgIpc) is 2.49. The van der Waals surface area contributed by atoms with Crippen LogP contribution in [0, 0.1) is 0 Å². The number of hydrogen-bond acceptors (Lipinski definition) is 5. The molecule has 0 atom stereocenters. The van der Waals surface area contributed by atoms with Crippen molar-refractivity contribution in [3.05, 3.63) is 24.3 Å². The minimum atomic E-state index is -2.86. The fourth-order valence-electron chi connectivity index (χ4n) is 0.786. The molecule has 80 valence electrons. The van der Waals surface area contributed by atoms with Gasteiger partial charge in [-0.1, -0.05) is 12.1 Å². The topological polar surface area (TPSA) is 95.9 Å². The zero-order chi connectivity index (χ0) is 9.68. The van der Waals surface area contributed by atoms with Gasteiger partial charge in [0.15, 0.2) is 0 Å². The van der Waals surface area contributed by atoms with Crippen molar-refractivity contribution in [1.82, 2.24) is 15.4 Å². The summed E-state index contributed by atoms with van der Waals surface area (Å²) in [5.41, 5.74) is 1.83. The van der Waals surface area contributed by atoms with Crippen molar-refractivity contribution in [3.8, 4) is 0 Å². The molecule has 0 fully saturated rings. The number of benzene rings is 1. The Kier molecular flexibility index (Phi) is 6.02. The van der Waals surface area contributed by atoms with E-state index in [4.69, 9.17) is 13.0 Å². The fraction of sp³-hybridized carbons (Fsp3) is 0. The van der Waals surface area contributed by atoms with Gasteiger partial charge in [0.2, 0.25) is 0 Å². The minimum Gasteiger partial charge on any atom is -0.439 e. The van der Waals surface area contributed by atoms with Crippen LogP contribution in [0.4, 0.5) is 0 Å². The maximum absolute atomic E-state index is 8.56. The zero-order valence-corrected chi connectivity index (χ0v) is 8.50. The predicted octanol–water partition coefficient (Wildman–Crippen LogP) is 0.724. The Labute approximate surface area is 91.4 Å². The normalized spacial score (nSPS) is 9.00. The third-order valence-electron chi connectivity index (χ3n) is 1.22. The molecule has 0 aliphatic heterocycles. The van der Waals surface area contributed by atoms with Crippen molar-refractivity contribution in [3.63, 3.8) is 0 Å². The van der Waals surface area contributed by atoms with E-state index in [0.29, 0.717) is 0 Å². The van der Waals surface area contributed by atoms with E-state index in [1.54, 1.807) is 0 Å². The second-order valence-electron chi connectivity index (χ2n) is 2.03. The summed E-state index contributed by atoms with van der Waals surface area (Å²) in [4.78, 5) is 0. The van der Waals surface area contributed by atoms with E-state index in [1.807, 2.05) is 24.3 Å². The van der Waals surface area contributed by atoms with E-state index in [0.717, 1.165) is 11.0 Å². The van der Waals surface area contributed by atoms with Crippen molar-refractivity contribution < 1.29 is 29.5 Å². The largest absolute Gasteiger partial charge is 0.439 e. The Morgan fingerprint density at radius 2 is 1.50 bits per heavy atom. The standard InChI is InChI=1S/C6H5N3.Ni.HO3S/c1-2-4-6-5(3-1)7-9-8-6;;1-4(2)3/h1-4H,(H,7,8,9);;(H,1,2,3)/q;;-1. The molecular weight excluding hydrogens is 253 g/mol. The van der Waals surface area contributed by atoms with E-state index in [9.17, 15) is 0 Å². The van der Waals surface area contributed by atoms with Gasteiger partial charge in [0.25, 0.3) is 0 Å². The third-order valence-corrected chi connectivity index (χ3v) is 1.22. The summed E-state index contributed by atoms with van der Waals surface area (Å²) in [6, 6.07) is 7.70. The van der Waals surface area contributed by atoms with Gasteiger partial charge in [-0.2, -0.15) is 15.4 Å². The molecule has 8 heteroatoms. The van der Waals surface area contributed by atoms with E-state index < -0.39 is 11.0 Å². The van der Waals surface area contributed by atoms with Crippen molar-refractivity contribution >= 4 is 22.0 Å². The Morgan fingerprint density at radius 1 is 1.14 bits per heavy atom. The van der Waals surface area contributed by atoms with Crippen LogP contribution in [0.2, 0.25) is 0 Å². The van der Waals surface area contributed by atoms with Gasteiger partial charge in [-0.25, -0.2) is 0 Å². The molecule has 1 aromatic carbocycles. The van der Waals surface area contributed by atoms with Crippen LogP contribution in [-0.2, 0) is 35.9 Å². The fourth-order valence-corrected chi connectivity index (χ4v) is 0.786. The molecule has 1 aromatic heterocycles. The smallest absolute Gasteiger partial charge is 0.112 e. The first kappa shape index (κ1) is 13.0. The van der Waals surface area contributed by atoms with Gasteiger partial charge < -0.3 is 13.0 Å². The minimum absolute atomic E-state index is 0. The molecule has 0 unspecified atom stereocenters. The second-order valence-corrected chi connectivity index (χ2v) is 2.46. The molecule has 0 bridgehead atoms. The molecule has 14 heavy (non-hydrogen) atoms. The van der Waals surface area contributed by atoms with E-state index in [1.165, 1.54) is 0 Å². The predicted molar refractivity (Wildman–Crippen MR) is 45.3 cm³/mol. The molecule has 0 spiro atoms. The van der Waals surface area contributed by atoms with Gasteiger partial charge >= 0.3 is 0 Å². The maximum Gasteiger partial charge on any atom is 0.112 e. The number of nitrogens with zero attached hydrogens (tertiary/aromatic N) is 2. The van der Waals surface area contributed by atoms with Gasteiger partial charge in [0.1, 0.15) is 11.0 Å². The summed E-state index contributed by atoms with van der Waals surface area (Å²) in [7, 11) is -2.86. The van der Waals surface area contributed by atoms with Crippen LogP contribution in [0.15, 0.2) is 24.3 Å². The van der Waals surface area contributed by atoms with Gasteiger partial charge in [-0.3, -0.25) is 0 Å². The number of H-pyrrole nitrogens is 1. The molecule has 0 amide bonds. The molecule has 0 saturated heterocycles. The molecule has 0 aliphatic carbocycles. The monoisotopic (exact) mass is 258 g/mol. The van der Waals surface area contributed by atoms with Crippen LogP contribution >= 0.6 is 0 Å². The molecule has 6 nitrogen and oxygen atoms in total. The first-order valence-electron chi connectivity index (χ1n) is 3.24. The zero-order valence-electron chi connectivity index (χ0n) is 6.69. The molecule has 1 heterocycles. The molecule has 2 N–H and O–H groups in total. The first-order chi connectivity index (χ1) is 6.20. The number of para-hydroxylation sites is 2. The average molecular weight is 259 g/mol. The van der Waals surface area contributed by atoms with Gasteiger partial charge in [0.05, 0.1) is 0 Å². The van der Waals surface area contributed by atoms with Crippen LogP contribution in [-0.4, -0.2) is 20.0 Å². The Balaban J connectivity index is 0.000000299. The number of rotatable bonds is 0. The van der Waals surface area contributed by atoms with Crippen LogP contribution < -0.4 is 0 Å². The molecule has 0 radical (unpaired) electrons. The molecule has 0 saturated carbocycles. The number of nitrogens with one attached hydrogen (secondary N) is 1. The van der Waals surface area contributed by atoms with Gasteiger partial charge in [-0.05, 0) is 12.1 Å². The Morgan fingerprint density at radius 3 is 1.86 bits per heavy atom. The van der Waals surface area contributed by atoms with Gasteiger partial charge in [-0.15, -0.1) is 0 Å². The van der Waals surface area contributed by atoms with Crippen LogP contribution in [0.1, 0.15) is 0 Å². The molecule has 0 aliphatic rings. The van der Waals surface area contributed by atoms with Crippen molar-refractivity contribution in [1.29, 1.82) is 0 Å². The second kappa shape index (κ2) is 6.47. The van der Waals surface area contributed by atoms with Crippen molar-refractivity contribution in [2.24, 2.45) is 0 Å². The van der Waals surface area contributed by atoms with E-state index in [2.05, 4.69) is 15.4 Å². The third kappa shape index (κ3) is 4.31. The Hall–Kier alpha value is -0.976. The summed E-state index contributed by atoms with van der Waals surface area (Å²) in [5.74, 6) is 0. The van der Waals surface area contributed by atoms with Gasteiger partial charge in [0, 0.05) is 27.5 Å².